The van der Waals surface area contributed by atoms with Gasteiger partial charge < -0.3 is 15.8 Å². The molecule has 4 heteroatoms. The number of hydrogen-bond acceptors (Lipinski definition) is 3. The normalized spacial score (nSPS) is 20.4. The molecular formula is C10H20N2O2. The van der Waals surface area contributed by atoms with E-state index < -0.39 is 0 Å². The van der Waals surface area contributed by atoms with Crippen LogP contribution in [0.2, 0.25) is 0 Å². The zero-order chi connectivity index (χ0) is 10.6. The molecule has 3 N–H and O–H groups in total. The highest BCUT2D eigenvalue weighted by molar-refractivity contribution is 5.80. The first-order chi connectivity index (χ1) is 6.63. The fraction of sp³-hybridized carbons (Fsp3) is 0.900. The summed E-state index contributed by atoms with van der Waals surface area (Å²) in [5.74, 6) is -0.319. The second-order valence-electron chi connectivity index (χ2n) is 3.95. The first-order valence-electron chi connectivity index (χ1n) is 5.30. The van der Waals surface area contributed by atoms with E-state index in [9.17, 15) is 4.79 Å². The van der Waals surface area contributed by atoms with Crippen molar-refractivity contribution in [2.24, 2.45) is 5.73 Å². The molecule has 1 aliphatic carbocycles. The summed E-state index contributed by atoms with van der Waals surface area (Å²) in [5.41, 5.74) is 5.26. The summed E-state index contributed by atoms with van der Waals surface area (Å²) < 4.78 is 5.48. The van der Waals surface area contributed by atoms with Crippen molar-refractivity contribution in [1.29, 1.82) is 0 Å². The Kier molecular flexibility index (Phi) is 4.35. The van der Waals surface area contributed by atoms with Gasteiger partial charge >= 0.3 is 0 Å². The molecule has 1 saturated carbocycles. The Morgan fingerprint density at radius 2 is 2.29 bits per heavy atom. The van der Waals surface area contributed by atoms with Crippen molar-refractivity contribution in [1.82, 2.24) is 5.32 Å². The van der Waals surface area contributed by atoms with Gasteiger partial charge in [-0.3, -0.25) is 4.79 Å². The minimum atomic E-state index is -0.323. The number of nitrogens with one attached hydrogen (secondary N) is 1. The van der Waals surface area contributed by atoms with Gasteiger partial charge in [-0.2, -0.15) is 0 Å². The molecule has 14 heavy (non-hydrogen) atoms. The van der Waals surface area contributed by atoms with E-state index in [1.165, 1.54) is 0 Å². The van der Waals surface area contributed by atoms with Crippen LogP contribution in [0.4, 0.5) is 0 Å². The third-order valence-corrected chi connectivity index (χ3v) is 2.48. The number of amides is 1. The van der Waals surface area contributed by atoms with Crippen LogP contribution in [0.3, 0.4) is 0 Å². The molecule has 0 aromatic carbocycles. The molecule has 1 fully saturated rings. The first kappa shape index (κ1) is 11.5. The quantitative estimate of drug-likeness (QED) is 0.625. The van der Waals surface area contributed by atoms with Crippen molar-refractivity contribution >= 4 is 5.91 Å². The summed E-state index contributed by atoms with van der Waals surface area (Å²) >= 11 is 0. The molecule has 0 aromatic rings. The van der Waals surface area contributed by atoms with Crippen LogP contribution in [0, 0.1) is 0 Å². The molecule has 0 bridgehead atoms. The molecule has 2 atom stereocenters. The lowest BCUT2D eigenvalue weighted by Gasteiger charge is -2.17. The van der Waals surface area contributed by atoms with Crippen LogP contribution in [0.15, 0.2) is 0 Å². The summed E-state index contributed by atoms with van der Waals surface area (Å²) in [5, 5.41) is 3.17. The number of rotatable bonds is 7. The Morgan fingerprint density at radius 3 is 2.71 bits per heavy atom. The maximum Gasteiger partial charge on any atom is 0.236 e. The van der Waals surface area contributed by atoms with Gasteiger partial charge in [0.1, 0.15) is 6.04 Å². The van der Waals surface area contributed by atoms with Crippen molar-refractivity contribution in [2.45, 2.75) is 51.3 Å². The third-order valence-electron chi connectivity index (χ3n) is 2.48. The summed E-state index contributed by atoms with van der Waals surface area (Å²) in [7, 11) is 0. The summed E-state index contributed by atoms with van der Waals surface area (Å²) in [4.78, 5) is 11.0. The van der Waals surface area contributed by atoms with E-state index in [0.29, 0.717) is 12.6 Å². The number of carbonyl (C=O) groups excluding carboxylic acids is 1. The van der Waals surface area contributed by atoms with Gasteiger partial charge in [-0.05, 0) is 26.2 Å². The Balaban J connectivity index is 2.23. The lowest BCUT2D eigenvalue weighted by atomic mass is 10.2. The van der Waals surface area contributed by atoms with Crippen molar-refractivity contribution < 1.29 is 9.53 Å². The van der Waals surface area contributed by atoms with Gasteiger partial charge in [-0.1, -0.05) is 6.92 Å². The van der Waals surface area contributed by atoms with E-state index in [1.807, 2.05) is 6.92 Å². The Bertz CT molecular complexity index is 193. The van der Waals surface area contributed by atoms with Crippen molar-refractivity contribution in [3.8, 4) is 0 Å². The van der Waals surface area contributed by atoms with Crippen LogP contribution < -0.4 is 11.1 Å². The molecule has 1 rings (SSSR count). The van der Waals surface area contributed by atoms with Gasteiger partial charge in [0.25, 0.3) is 0 Å². The molecule has 0 aromatic heterocycles. The van der Waals surface area contributed by atoms with E-state index in [4.69, 9.17) is 10.5 Å². The zero-order valence-electron chi connectivity index (χ0n) is 8.95. The van der Waals surface area contributed by atoms with Gasteiger partial charge in [0.2, 0.25) is 5.91 Å². The third kappa shape index (κ3) is 4.07. The molecule has 0 radical (unpaired) electrons. The Morgan fingerprint density at radius 1 is 1.64 bits per heavy atom. The van der Waals surface area contributed by atoms with Crippen LogP contribution >= 0.6 is 0 Å². The predicted molar refractivity (Wildman–Crippen MR) is 54.8 cm³/mol. The fourth-order valence-electron chi connectivity index (χ4n) is 1.13. The average Bonchev–Trinajstić information content (AvgIpc) is 2.94. The fourth-order valence-corrected chi connectivity index (χ4v) is 1.13. The van der Waals surface area contributed by atoms with E-state index in [0.717, 1.165) is 19.3 Å². The monoisotopic (exact) mass is 200 g/mol. The van der Waals surface area contributed by atoms with Crippen LogP contribution in [-0.2, 0) is 9.53 Å². The molecule has 2 unspecified atom stereocenters. The number of ether oxygens (including phenoxy) is 1. The van der Waals surface area contributed by atoms with Gasteiger partial charge in [0.05, 0.1) is 12.7 Å². The summed E-state index contributed by atoms with van der Waals surface area (Å²) in [6, 6.07) is 0.157. The number of nitrogens with two attached hydrogens (primary N) is 1. The van der Waals surface area contributed by atoms with Gasteiger partial charge in [-0.25, -0.2) is 0 Å². The topological polar surface area (TPSA) is 64.3 Å². The maximum absolute atomic E-state index is 11.0. The largest absolute Gasteiger partial charge is 0.376 e. The molecule has 1 amide bonds. The van der Waals surface area contributed by atoms with E-state index >= 15 is 0 Å². The lowest BCUT2D eigenvalue weighted by Crippen LogP contribution is -2.46. The van der Waals surface area contributed by atoms with Crippen LogP contribution in [0.1, 0.15) is 33.1 Å². The van der Waals surface area contributed by atoms with Crippen LogP contribution in [0.5, 0.6) is 0 Å². The summed E-state index contributed by atoms with van der Waals surface area (Å²) in [6.07, 6.45) is 3.44. The molecule has 0 aliphatic heterocycles. The minimum absolute atomic E-state index is 0.192. The first-order valence-corrected chi connectivity index (χ1v) is 5.30. The van der Waals surface area contributed by atoms with Crippen LogP contribution in [0.25, 0.3) is 0 Å². The molecule has 0 heterocycles. The molecule has 0 spiro atoms. The van der Waals surface area contributed by atoms with Crippen molar-refractivity contribution in [2.75, 3.05) is 6.61 Å². The van der Waals surface area contributed by atoms with Crippen molar-refractivity contribution in [3.63, 3.8) is 0 Å². The summed E-state index contributed by atoms with van der Waals surface area (Å²) in [6.45, 7) is 4.44. The Hall–Kier alpha value is -0.610. The van der Waals surface area contributed by atoms with Gasteiger partial charge in [0.15, 0.2) is 0 Å². The standard InChI is InChI=1S/C10H20N2O2/c1-3-7(2)14-6-9(10(11)13)12-8-4-5-8/h7-9,12H,3-6H2,1-2H3,(H2,11,13). The minimum Gasteiger partial charge on any atom is -0.376 e. The van der Waals surface area contributed by atoms with Crippen molar-refractivity contribution in [3.05, 3.63) is 0 Å². The number of primary amides is 1. The Labute approximate surface area is 85.2 Å². The van der Waals surface area contributed by atoms with Crippen LogP contribution in [-0.4, -0.2) is 30.7 Å². The highest BCUT2D eigenvalue weighted by Crippen LogP contribution is 2.19. The molecule has 82 valence electrons. The molecule has 1 aliphatic rings. The molecule has 0 saturated heterocycles. The van der Waals surface area contributed by atoms with E-state index in [1.54, 1.807) is 0 Å². The van der Waals surface area contributed by atoms with Gasteiger partial charge in [-0.15, -0.1) is 0 Å². The number of hydrogen-bond donors (Lipinski definition) is 2. The second-order valence-corrected chi connectivity index (χ2v) is 3.95. The average molecular weight is 200 g/mol. The highest BCUT2D eigenvalue weighted by Gasteiger charge is 2.27. The SMILES string of the molecule is CCC(C)OCC(NC1CC1)C(N)=O. The maximum atomic E-state index is 11.0. The number of carbonyl (C=O) groups is 1. The smallest absolute Gasteiger partial charge is 0.236 e. The highest BCUT2D eigenvalue weighted by atomic mass is 16.5. The van der Waals surface area contributed by atoms with Gasteiger partial charge in [0, 0.05) is 6.04 Å². The molecular weight excluding hydrogens is 180 g/mol. The second kappa shape index (κ2) is 5.32. The van der Waals surface area contributed by atoms with E-state index in [2.05, 4.69) is 12.2 Å². The zero-order valence-corrected chi connectivity index (χ0v) is 8.95. The molecule has 4 nitrogen and oxygen atoms in total. The predicted octanol–water partition coefficient (Wildman–Crippen LogP) is 0.407. The van der Waals surface area contributed by atoms with E-state index in [-0.39, 0.29) is 18.1 Å². The lowest BCUT2D eigenvalue weighted by molar-refractivity contribution is -0.122.